The zero-order valence-corrected chi connectivity index (χ0v) is 9.25. The first kappa shape index (κ1) is 11.8. The summed E-state index contributed by atoms with van der Waals surface area (Å²) in [5.41, 5.74) is 0. The molecule has 3 N–H and O–H groups in total. The molecule has 0 bridgehead atoms. The van der Waals surface area contributed by atoms with Gasteiger partial charge in [0.1, 0.15) is 0 Å². The van der Waals surface area contributed by atoms with Crippen molar-refractivity contribution >= 4 is 11.9 Å². The van der Waals surface area contributed by atoms with Gasteiger partial charge >= 0.3 is 5.97 Å². The van der Waals surface area contributed by atoms with E-state index in [0.717, 1.165) is 0 Å². The van der Waals surface area contributed by atoms with Crippen LogP contribution in [0.25, 0.3) is 0 Å². The van der Waals surface area contributed by atoms with E-state index < -0.39 is 17.9 Å². The number of rotatable bonds is 4. The Balaban J connectivity index is 2.05. The number of carbonyl (C=O) groups is 2. The molecule has 0 saturated carbocycles. The van der Waals surface area contributed by atoms with E-state index in [0.29, 0.717) is 5.82 Å². The van der Waals surface area contributed by atoms with Crippen molar-refractivity contribution in [3.63, 3.8) is 0 Å². The first-order valence-corrected chi connectivity index (χ1v) is 4.95. The Kier molecular flexibility index (Phi) is 3.04. The maximum atomic E-state index is 11.7. The summed E-state index contributed by atoms with van der Waals surface area (Å²) >= 11 is 0. The van der Waals surface area contributed by atoms with Gasteiger partial charge in [-0.2, -0.15) is 5.21 Å². The third kappa shape index (κ3) is 2.34. The highest BCUT2D eigenvalue weighted by atomic mass is 16.4. The molecule has 18 heavy (non-hydrogen) atoms. The summed E-state index contributed by atoms with van der Waals surface area (Å²) in [4.78, 5) is 22.3. The molecule has 2 heterocycles. The number of carboxylic acid groups (broad SMARTS) is 1. The second-order valence-corrected chi connectivity index (χ2v) is 3.43. The molecule has 0 aliphatic rings. The molecule has 0 radical (unpaired) electrons. The van der Waals surface area contributed by atoms with Gasteiger partial charge in [0.25, 0.3) is 5.91 Å². The fraction of sp³-hybridized carbons (Fsp3) is 0.222. The average molecular weight is 251 g/mol. The van der Waals surface area contributed by atoms with E-state index in [-0.39, 0.29) is 11.5 Å². The number of H-pyrrole nitrogens is 1. The van der Waals surface area contributed by atoms with Crippen LogP contribution < -0.4 is 5.32 Å². The van der Waals surface area contributed by atoms with Gasteiger partial charge in [-0.25, -0.2) is 4.79 Å². The monoisotopic (exact) mass is 251 g/mol. The van der Waals surface area contributed by atoms with E-state index in [2.05, 4.69) is 25.9 Å². The van der Waals surface area contributed by atoms with E-state index >= 15 is 0 Å². The molecule has 2 rings (SSSR count). The number of aromatic nitrogens is 4. The second kappa shape index (κ2) is 4.65. The van der Waals surface area contributed by atoms with E-state index in [1.807, 2.05) is 0 Å². The van der Waals surface area contributed by atoms with Crippen LogP contribution in [0.4, 0.5) is 0 Å². The standard InChI is InChI=1S/C9H9N5O4/c1-4(7-11-13-14-12-7)10-8(15)5-2-3-6(18-5)9(16)17/h2-4H,1H3,(H,10,15)(H,16,17)(H,11,12,13,14). The summed E-state index contributed by atoms with van der Waals surface area (Å²) in [7, 11) is 0. The number of carboxylic acids is 1. The first-order chi connectivity index (χ1) is 8.58. The van der Waals surface area contributed by atoms with Crippen LogP contribution in [-0.2, 0) is 0 Å². The number of nitrogens with one attached hydrogen (secondary N) is 2. The number of carbonyl (C=O) groups excluding carboxylic acids is 1. The van der Waals surface area contributed by atoms with Gasteiger partial charge < -0.3 is 14.8 Å². The topological polar surface area (TPSA) is 134 Å². The summed E-state index contributed by atoms with van der Waals surface area (Å²) < 4.78 is 4.85. The smallest absolute Gasteiger partial charge is 0.371 e. The molecule has 9 nitrogen and oxygen atoms in total. The number of furan rings is 1. The summed E-state index contributed by atoms with van der Waals surface area (Å²) in [5, 5.41) is 24.2. The van der Waals surface area contributed by atoms with Gasteiger partial charge in [-0.05, 0) is 19.1 Å². The number of amides is 1. The number of hydrogen-bond acceptors (Lipinski definition) is 6. The Bertz CT molecular complexity index is 561. The van der Waals surface area contributed by atoms with Gasteiger partial charge in [-0.1, -0.05) is 5.21 Å². The minimum atomic E-state index is -1.24. The van der Waals surface area contributed by atoms with Crippen molar-refractivity contribution in [2.45, 2.75) is 13.0 Å². The van der Waals surface area contributed by atoms with Crippen molar-refractivity contribution in [2.75, 3.05) is 0 Å². The van der Waals surface area contributed by atoms with Crippen LogP contribution in [0.1, 0.15) is 39.9 Å². The predicted molar refractivity (Wildman–Crippen MR) is 55.7 cm³/mol. The second-order valence-electron chi connectivity index (χ2n) is 3.43. The van der Waals surface area contributed by atoms with Crippen LogP contribution in [0.15, 0.2) is 16.5 Å². The van der Waals surface area contributed by atoms with E-state index in [9.17, 15) is 9.59 Å². The molecule has 94 valence electrons. The average Bonchev–Trinajstić information content (AvgIpc) is 3.00. The first-order valence-electron chi connectivity index (χ1n) is 4.95. The van der Waals surface area contributed by atoms with Gasteiger partial charge in [0.05, 0.1) is 6.04 Å². The Hall–Kier alpha value is -2.71. The lowest BCUT2D eigenvalue weighted by atomic mass is 10.3. The fourth-order valence-electron chi connectivity index (χ4n) is 1.26. The van der Waals surface area contributed by atoms with Crippen molar-refractivity contribution in [1.29, 1.82) is 0 Å². The highest BCUT2D eigenvalue weighted by Crippen LogP contribution is 2.10. The minimum Gasteiger partial charge on any atom is -0.475 e. The third-order valence-corrected chi connectivity index (χ3v) is 2.14. The lowest BCUT2D eigenvalue weighted by Gasteiger charge is -2.07. The number of hydrogen-bond donors (Lipinski definition) is 3. The van der Waals surface area contributed by atoms with E-state index in [1.54, 1.807) is 6.92 Å². The van der Waals surface area contributed by atoms with Crippen molar-refractivity contribution in [3.8, 4) is 0 Å². The molecular formula is C9H9N5O4. The molecule has 0 aromatic carbocycles. The molecule has 1 atom stereocenters. The lowest BCUT2D eigenvalue weighted by molar-refractivity contribution is 0.0659. The maximum absolute atomic E-state index is 11.7. The van der Waals surface area contributed by atoms with Crippen LogP contribution >= 0.6 is 0 Å². The Labute approximate surface area is 100 Å². The van der Waals surface area contributed by atoms with Crippen molar-refractivity contribution in [2.24, 2.45) is 0 Å². The Morgan fingerprint density at radius 2 is 2.17 bits per heavy atom. The maximum Gasteiger partial charge on any atom is 0.371 e. The number of aromatic carboxylic acids is 1. The molecule has 0 fully saturated rings. The quantitative estimate of drug-likeness (QED) is 0.695. The molecule has 1 amide bonds. The molecule has 9 heteroatoms. The summed E-state index contributed by atoms with van der Waals surface area (Å²) in [6, 6.07) is 2.01. The van der Waals surface area contributed by atoms with Gasteiger partial charge in [-0.15, -0.1) is 10.2 Å². The predicted octanol–water partition coefficient (Wildman–Crippen LogP) is -0.0181. The molecular weight excluding hydrogens is 242 g/mol. The molecule has 0 saturated heterocycles. The van der Waals surface area contributed by atoms with E-state index in [1.165, 1.54) is 12.1 Å². The highest BCUT2D eigenvalue weighted by Gasteiger charge is 2.18. The van der Waals surface area contributed by atoms with Crippen molar-refractivity contribution in [1.82, 2.24) is 25.9 Å². The van der Waals surface area contributed by atoms with Crippen LogP contribution in [0.2, 0.25) is 0 Å². The zero-order valence-electron chi connectivity index (χ0n) is 9.25. The van der Waals surface area contributed by atoms with Crippen LogP contribution in [-0.4, -0.2) is 37.6 Å². The normalized spacial score (nSPS) is 12.1. The minimum absolute atomic E-state index is 0.0947. The zero-order chi connectivity index (χ0) is 13.1. The largest absolute Gasteiger partial charge is 0.475 e. The lowest BCUT2D eigenvalue weighted by Crippen LogP contribution is -2.27. The molecule has 1 unspecified atom stereocenters. The number of nitrogens with zero attached hydrogens (tertiary/aromatic N) is 3. The molecule has 2 aromatic rings. The van der Waals surface area contributed by atoms with Crippen LogP contribution in [0.5, 0.6) is 0 Å². The van der Waals surface area contributed by atoms with Gasteiger partial charge in [0.2, 0.25) is 5.76 Å². The third-order valence-electron chi connectivity index (χ3n) is 2.14. The highest BCUT2D eigenvalue weighted by molar-refractivity contribution is 5.93. The summed E-state index contributed by atoms with van der Waals surface area (Å²) in [6.07, 6.45) is 0. The summed E-state index contributed by atoms with van der Waals surface area (Å²) in [6.45, 7) is 1.66. The Morgan fingerprint density at radius 1 is 1.44 bits per heavy atom. The SMILES string of the molecule is CC(NC(=O)c1ccc(C(=O)O)o1)c1nn[nH]n1. The number of tetrazole rings is 1. The molecule has 2 aromatic heterocycles. The van der Waals surface area contributed by atoms with Crippen LogP contribution in [0, 0.1) is 0 Å². The molecule has 0 spiro atoms. The Morgan fingerprint density at radius 3 is 2.72 bits per heavy atom. The van der Waals surface area contributed by atoms with Crippen molar-refractivity contribution in [3.05, 3.63) is 29.5 Å². The van der Waals surface area contributed by atoms with Crippen LogP contribution in [0.3, 0.4) is 0 Å². The molecule has 0 aliphatic heterocycles. The summed E-state index contributed by atoms with van der Waals surface area (Å²) in [5.74, 6) is -1.87. The van der Waals surface area contributed by atoms with Gasteiger partial charge in [-0.3, -0.25) is 4.79 Å². The van der Waals surface area contributed by atoms with E-state index in [4.69, 9.17) is 9.52 Å². The number of aromatic amines is 1. The van der Waals surface area contributed by atoms with Crippen molar-refractivity contribution < 1.29 is 19.1 Å². The fourth-order valence-corrected chi connectivity index (χ4v) is 1.26. The van der Waals surface area contributed by atoms with Gasteiger partial charge in [0, 0.05) is 0 Å². The van der Waals surface area contributed by atoms with Gasteiger partial charge in [0.15, 0.2) is 11.6 Å². The molecule has 0 aliphatic carbocycles.